The Morgan fingerprint density at radius 1 is 1.06 bits per heavy atom. The number of hydrogen-bond donors (Lipinski definition) is 1. The number of carbonyl (C=O) groups is 1. The summed E-state index contributed by atoms with van der Waals surface area (Å²) in [5.74, 6) is 0.799. The van der Waals surface area contributed by atoms with E-state index in [0.717, 1.165) is 46.6 Å². The average Bonchev–Trinajstić information content (AvgIpc) is 2.78. The van der Waals surface area contributed by atoms with Crippen molar-refractivity contribution in [1.82, 2.24) is 15.2 Å². The second-order valence-electron chi connectivity index (χ2n) is 8.92. The van der Waals surface area contributed by atoms with Crippen molar-refractivity contribution in [3.8, 4) is 0 Å². The largest absolute Gasteiger partial charge is 0.352 e. The summed E-state index contributed by atoms with van der Waals surface area (Å²) in [5, 5.41) is 4.06. The summed E-state index contributed by atoms with van der Waals surface area (Å²) in [4.78, 5) is 19.9. The first kappa shape index (κ1) is 21.5. The van der Waals surface area contributed by atoms with Crippen LogP contribution in [0.25, 0.3) is 10.9 Å². The molecule has 1 N–H and O–H groups in total. The number of rotatable bonds is 7. The molecule has 1 saturated heterocycles. The highest BCUT2D eigenvalue weighted by Crippen LogP contribution is 2.22. The van der Waals surface area contributed by atoms with Crippen LogP contribution in [0.5, 0.6) is 0 Å². The van der Waals surface area contributed by atoms with Crippen molar-refractivity contribution in [3.05, 3.63) is 77.0 Å². The quantitative estimate of drug-likeness (QED) is 0.557. The zero-order valence-corrected chi connectivity index (χ0v) is 18.7. The summed E-state index contributed by atoms with van der Waals surface area (Å²) in [5.41, 5.74) is 5.09. The lowest BCUT2D eigenvalue weighted by molar-refractivity contribution is 0.0952. The van der Waals surface area contributed by atoms with Crippen LogP contribution in [-0.4, -0.2) is 42.0 Å². The van der Waals surface area contributed by atoms with E-state index in [0.29, 0.717) is 6.54 Å². The van der Waals surface area contributed by atoms with E-state index in [9.17, 15) is 4.79 Å². The van der Waals surface area contributed by atoms with Crippen LogP contribution >= 0.6 is 0 Å². The lowest BCUT2D eigenvalue weighted by atomic mass is 9.90. The number of carbonyl (C=O) groups excluding carboxylic acids is 1. The van der Waals surface area contributed by atoms with Gasteiger partial charge in [-0.15, -0.1) is 0 Å². The standard InChI is InChI=1S/C27H33N3O/c1-20-9-10-26-24(17-20)25(18-21(2)29-26)27(31)28-13-6-14-30-15-11-23(12-16-30)19-22-7-4-3-5-8-22/h3-5,7-10,17-18,23H,6,11-16,19H2,1-2H3,(H,28,31). The molecule has 1 aromatic heterocycles. The monoisotopic (exact) mass is 415 g/mol. The van der Waals surface area contributed by atoms with Crippen LogP contribution < -0.4 is 5.32 Å². The van der Waals surface area contributed by atoms with E-state index in [4.69, 9.17) is 0 Å². The summed E-state index contributed by atoms with van der Waals surface area (Å²) in [7, 11) is 0. The van der Waals surface area contributed by atoms with E-state index in [2.05, 4.69) is 51.6 Å². The molecule has 1 amide bonds. The van der Waals surface area contributed by atoms with Crippen molar-refractivity contribution in [2.24, 2.45) is 5.92 Å². The van der Waals surface area contributed by atoms with Gasteiger partial charge in [0.05, 0.1) is 11.1 Å². The highest BCUT2D eigenvalue weighted by atomic mass is 16.1. The van der Waals surface area contributed by atoms with E-state index < -0.39 is 0 Å². The molecule has 0 bridgehead atoms. The zero-order chi connectivity index (χ0) is 21.6. The van der Waals surface area contributed by atoms with Gasteiger partial charge in [-0.1, -0.05) is 42.0 Å². The molecule has 4 rings (SSSR count). The number of hydrogen-bond acceptors (Lipinski definition) is 3. The molecule has 0 saturated carbocycles. The highest BCUT2D eigenvalue weighted by Gasteiger charge is 2.19. The van der Waals surface area contributed by atoms with Crippen molar-refractivity contribution in [2.75, 3.05) is 26.2 Å². The molecule has 2 heterocycles. The molecule has 0 atom stereocenters. The van der Waals surface area contributed by atoms with Gasteiger partial charge in [-0.25, -0.2) is 0 Å². The molecule has 1 aliphatic rings. The fourth-order valence-electron chi connectivity index (χ4n) is 4.62. The molecule has 4 heteroatoms. The molecule has 0 radical (unpaired) electrons. The van der Waals surface area contributed by atoms with Gasteiger partial charge >= 0.3 is 0 Å². The van der Waals surface area contributed by atoms with Gasteiger partial charge in [0.15, 0.2) is 0 Å². The first-order valence-electron chi connectivity index (χ1n) is 11.5. The normalized spacial score (nSPS) is 15.3. The van der Waals surface area contributed by atoms with Crippen molar-refractivity contribution in [2.45, 2.75) is 39.5 Å². The van der Waals surface area contributed by atoms with Gasteiger partial charge in [-0.2, -0.15) is 0 Å². The van der Waals surface area contributed by atoms with Crippen molar-refractivity contribution < 1.29 is 4.79 Å². The predicted molar refractivity (Wildman–Crippen MR) is 127 cm³/mol. The van der Waals surface area contributed by atoms with E-state index in [-0.39, 0.29) is 5.91 Å². The van der Waals surface area contributed by atoms with Crippen molar-refractivity contribution >= 4 is 16.8 Å². The summed E-state index contributed by atoms with van der Waals surface area (Å²) < 4.78 is 0. The lowest BCUT2D eigenvalue weighted by Gasteiger charge is -2.32. The molecule has 4 nitrogen and oxygen atoms in total. The van der Waals surface area contributed by atoms with Crippen molar-refractivity contribution in [3.63, 3.8) is 0 Å². The minimum atomic E-state index is 0.00247. The van der Waals surface area contributed by atoms with Crippen LogP contribution in [0, 0.1) is 19.8 Å². The van der Waals surface area contributed by atoms with Crippen LogP contribution in [0.4, 0.5) is 0 Å². The number of nitrogens with zero attached hydrogens (tertiary/aromatic N) is 2. The maximum absolute atomic E-state index is 12.8. The number of amides is 1. The fraction of sp³-hybridized carbons (Fsp3) is 0.407. The number of fused-ring (bicyclic) bond motifs is 1. The minimum absolute atomic E-state index is 0.00247. The third kappa shape index (κ3) is 5.71. The van der Waals surface area contributed by atoms with Crippen LogP contribution in [0.15, 0.2) is 54.6 Å². The van der Waals surface area contributed by atoms with Gasteiger partial charge in [0, 0.05) is 17.6 Å². The lowest BCUT2D eigenvalue weighted by Crippen LogP contribution is -2.36. The Bertz CT molecular complexity index is 1020. The van der Waals surface area contributed by atoms with Gasteiger partial charge in [-0.05, 0) is 88.8 Å². The summed E-state index contributed by atoms with van der Waals surface area (Å²) in [6.45, 7) is 8.07. The first-order valence-corrected chi connectivity index (χ1v) is 11.5. The number of nitrogens with one attached hydrogen (secondary N) is 1. The Balaban J connectivity index is 1.22. The van der Waals surface area contributed by atoms with E-state index in [1.54, 1.807) is 0 Å². The number of benzene rings is 2. The zero-order valence-electron chi connectivity index (χ0n) is 18.7. The maximum Gasteiger partial charge on any atom is 0.252 e. The summed E-state index contributed by atoms with van der Waals surface area (Å²) in [6, 6.07) is 18.8. The van der Waals surface area contributed by atoms with Gasteiger partial charge in [-0.3, -0.25) is 9.78 Å². The third-order valence-corrected chi connectivity index (χ3v) is 6.35. The second-order valence-corrected chi connectivity index (χ2v) is 8.92. The molecule has 3 aromatic rings. The average molecular weight is 416 g/mol. The van der Waals surface area contributed by atoms with Gasteiger partial charge in [0.1, 0.15) is 0 Å². The second kappa shape index (κ2) is 10.1. The van der Waals surface area contributed by atoms with E-state index >= 15 is 0 Å². The molecule has 0 spiro atoms. The summed E-state index contributed by atoms with van der Waals surface area (Å²) in [6.07, 6.45) is 4.71. The number of pyridine rings is 1. The molecule has 2 aromatic carbocycles. The third-order valence-electron chi connectivity index (χ3n) is 6.35. The highest BCUT2D eigenvalue weighted by molar-refractivity contribution is 6.06. The van der Waals surface area contributed by atoms with Crippen LogP contribution in [0.2, 0.25) is 0 Å². The van der Waals surface area contributed by atoms with E-state index in [1.807, 2.05) is 32.0 Å². The van der Waals surface area contributed by atoms with E-state index in [1.165, 1.54) is 37.9 Å². The Morgan fingerprint density at radius 2 is 1.84 bits per heavy atom. The Labute approximate surface area is 185 Å². The first-order chi connectivity index (χ1) is 15.1. The Kier molecular flexibility index (Phi) is 6.98. The molecule has 0 aliphatic carbocycles. The summed E-state index contributed by atoms with van der Waals surface area (Å²) >= 11 is 0. The molecule has 31 heavy (non-hydrogen) atoms. The number of piperidine rings is 1. The Hall–Kier alpha value is -2.72. The van der Waals surface area contributed by atoms with Crippen LogP contribution in [0.3, 0.4) is 0 Å². The molecule has 1 fully saturated rings. The minimum Gasteiger partial charge on any atom is -0.352 e. The smallest absolute Gasteiger partial charge is 0.252 e. The van der Waals surface area contributed by atoms with Crippen molar-refractivity contribution in [1.29, 1.82) is 0 Å². The van der Waals surface area contributed by atoms with Gasteiger partial charge in [0.25, 0.3) is 5.91 Å². The number of aromatic nitrogens is 1. The number of likely N-dealkylation sites (tertiary alicyclic amines) is 1. The number of aryl methyl sites for hydroxylation is 2. The molecule has 0 unspecified atom stereocenters. The molecule has 1 aliphatic heterocycles. The van der Waals surface area contributed by atoms with Gasteiger partial charge in [0.2, 0.25) is 0 Å². The van der Waals surface area contributed by atoms with Crippen LogP contribution in [0.1, 0.15) is 46.4 Å². The van der Waals surface area contributed by atoms with Crippen LogP contribution in [-0.2, 0) is 6.42 Å². The maximum atomic E-state index is 12.8. The fourth-order valence-corrected chi connectivity index (χ4v) is 4.62. The predicted octanol–water partition coefficient (Wildman–Crippen LogP) is 4.93. The Morgan fingerprint density at radius 3 is 2.61 bits per heavy atom. The topological polar surface area (TPSA) is 45.2 Å². The van der Waals surface area contributed by atoms with Gasteiger partial charge < -0.3 is 10.2 Å². The molecule has 162 valence electrons. The molecular formula is C27H33N3O. The SMILES string of the molecule is Cc1ccc2nc(C)cc(C(=O)NCCCN3CCC(Cc4ccccc4)CC3)c2c1. The molecular weight excluding hydrogens is 382 g/mol.